The van der Waals surface area contributed by atoms with Crippen molar-refractivity contribution in [1.82, 2.24) is 5.32 Å². The molecule has 0 bridgehead atoms. The molecule has 6 nitrogen and oxygen atoms in total. The number of nitrogens with one attached hydrogen (secondary N) is 1. The number of amides is 1. The maximum atomic E-state index is 14.7. The van der Waals surface area contributed by atoms with Gasteiger partial charge in [-0.05, 0) is 40.2 Å². The highest BCUT2D eigenvalue weighted by Crippen LogP contribution is 2.42. The van der Waals surface area contributed by atoms with Gasteiger partial charge in [-0.2, -0.15) is 8.78 Å². The standard InChI is InChI=1S/C18H27F2NO5/c1-6-8-11(15(23)25-7-2)12-9-10-13(14(22)18(12,19)20)21-16(24)26-17(3,4)5/h9-12,22H,6-8H2,1-5H3,(H,21,24). The number of halogens is 2. The molecule has 0 radical (unpaired) electrons. The molecule has 1 rings (SSSR count). The summed E-state index contributed by atoms with van der Waals surface area (Å²) in [6.07, 6.45) is 1.99. The number of aliphatic hydroxyl groups is 1. The van der Waals surface area contributed by atoms with Crippen LogP contribution in [0.4, 0.5) is 13.6 Å². The quantitative estimate of drug-likeness (QED) is 0.683. The molecule has 1 aliphatic rings. The van der Waals surface area contributed by atoms with Gasteiger partial charge < -0.3 is 14.6 Å². The third kappa shape index (κ3) is 5.44. The Hall–Kier alpha value is -2.12. The molecule has 2 unspecified atom stereocenters. The Morgan fingerprint density at radius 3 is 2.46 bits per heavy atom. The molecular weight excluding hydrogens is 348 g/mol. The number of rotatable bonds is 6. The molecule has 0 aromatic heterocycles. The topological polar surface area (TPSA) is 84.9 Å². The van der Waals surface area contributed by atoms with Crippen molar-refractivity contribution in [1.29, 1.82) is 0 Å². The summed E-state index contributed by atoms with van der Waals surface area (Å²) in [5, 5.41) is 12.1. The SMILES string of the molecule is CCCC(C(=O)OCC)C1C=CC(NC(=O)OC(C)(C)C)=C(O)C1(F)F. The lowest BCUT2D eigenvalue weighted by molar-refractivity contribution is -0.156. The molecule has 2 N–H and O–H groups in total. The molecule has 0 saturated carbocycles. The lowest BCUT2D eigenvalue weighted by Gasteiger charge is -2.33. The molecule has 2 atom stereocenters. The van der Waals surface area contributed by atoms with Crippen molar-refractivity contribution in [3.05, 3.63) is 23.6 Å². The molecular formula is C18H27F2NO5. The molecule has 26 heavy (non-hydrogen) atoms. The van der Waals surface area contributed by atoms with Crippen molar-refractivity contribution in [2.75, 3.05) is 6.61 Å². The molecule has 0 aliphatic heterocycles. The van der Waals surface area contributed by atoms with Gasteiger partial charge in [0.05, 0.1) is 24.1 Å². The number of alkyl halides is 2. The summed E-state index contributed by atoms with van der Waals surface area (Å²) < 4.78 is 39.3. The summed E-state index contributed by atoms with van der Waals surface area (Å²) >= 11 is 0. The summed E-state index contributed by atoms with van der Waals surface area (Å²) in [4.78, 5) is 23.8. The van der Waals surface area contributed by atoms with E-state index < -0.39 is 46.9 Å². The second-order valence-corrected chi connectivity index (χ2v) is 7.04. The normalized spacial score (nSPS) is 20.5. The fourth-order valence-electron chi connectivity index (χ4n) is 2.64. The van der Waals surface area contributed by atoms with Crippen LogP contribution in [-0.2, 0) is 14.3 Å². The van der Waals surface area contributed by atoms with Gasteiger partial charge >= 0.3 is 18.0 Å². The Morgan fingerprint density at radius 1 is 1.35 bits per heavy atom. The zero-order valence-corrected chi connectivity index (χ0v) is 15.8. The van der Waals surface area contributed by atoms with Crippen LogP contribution in [0.15, 0.2) is 23.6 Å². The number of alkyl carbamates (subject to hydrolysis) is 1. The van der Waals surface area contributed by atoms with Crippen molar-refractivity contribution in [2.24, 2.45) is 11.8 Å². The fourth-order valence-corrected chi connectivity index (χ4v) is 2.64. The van der Waals surface area contributed by atoms with Crippen molar-refractivity contribution in [3.63, 3.8) is 0 Å². The van der Waals surface area contributed by atoms with Crippen LogP contribution in [0.1, 0.15) is 47.5 Å². The number of ether oxygens (including phenoxy) is 2. The molecule has 1 aliphatic carbocycles. The third-order valence-corrected chi connectivity index (χ3v) is 3.72. The first-order valence-electron chi connectivity index (χ1n) is 8.60. The minimum Gasteiger partial charge on any atom is -0.505 e. The van der Waals surface area contributed by atoms with Crippen LogP contribution in [0.3, 0.4) is 0 Å². The van der Waals surface area contributed by atoms with E-state index in [1.807, 2.05) is 0 Å². The first-order chi connectivity index (χ1) is 11.9. The van der Waals surface area contributed by atoms with Gasteiger partial charge in [0, 0.05) is 0 Å². The zero-order valence-electron chi connectivity index (χ0n) is 15.8. The van der Waals surface area contributed by atoms with E-state index in [1.165, 1.54) is 0 Å². The molecule has 0 saturated heterocycles. The van der Waals surface area contributed by atoms with Gasteiger partial charge in [-0.1, -0.05) is 19.4 Å². The minimum absolute atomic E-state index is 0.0777. The van der Waals surface area contributed by atoms with E-state index in [4.69, 9.17) is 9.47 Å². The van der Waals surface area contributed by atoms with Crippen LogP contribution in [0.25, 0.3) is 0 Å². The van der Waals surface area contributed by atoms with Crippen LogP contribution in [0, 0.1) is 11.8 Å². The number of carbonyl (C=O) groups is 2. The summed E-state index contributed by atoms with van der Waals surface area (Å²) in [5.74, 6) is -8.44. The predicted molar refractivity (Wildman–Crippen MR) is 91.6 cm³/mol. The van der Waals surface area contributed by atoms with Crippen LogP contribution < -0.4 is 5.32 Å². The molecule has 0 spiro atoms. The number of carbonyl (C=O) groups excluding carboxylic acids is 2. The van der Waals surface area contributed by atoms with Gasteiger partial charge in [0.15, 0.2) is 5.76 Å². The second kappa shape index (κ2) is 8.51. The summed E-state index contributed by atoms with van der Waals surface area (Å²) in [5.41, 5.74) is -1.28. The molecule has 0 aromatic rings. The number of allylic oxidation sites excluding steroid dienone is 3. The predicted octanol–water partition coefficient (Wildman–Crippen LogP) is 4.08. The number of hydrogen-bond donors (Lipinski definition) is 2. The average molecular weight is 375 g/mol. The monoisotopic (exact) mass is 375 g/mol. The maximum absolute atomic E-state index is 14.7. The van der Waals surface area contributed by atoms with Crippen LogP contribution in [0.2, 0.25) is 0 Å². The highest BCUT2D eigenvalue weighted by molar-refractivity contribution is 5.74. The summed E-state index contributed by atoms with van der Waals surface area (Å²) in [6, 6.07) is 0. The van der Waals surface area contributed by atoms with E-state index in [0.717, 1.165) is 12.2 Å². The second-order valence-electron chi connectivity index (χ2n) is 7.04. The minimum atomic E-state index is -3.73. The van der Waals surface area contributed by atoms with E-state index in [9.17, 15) is 23.5 Å². The Morgan fingerprint density at radius 2 is 1.96 bits per heavy atom. The average Bonchev–Trinajstić information content (AvgIpc) is 2.49. The molecule has 1 amide bonds. The van der Waals surface area contributed by atoms with Crippen LogP contribution >= 0.6 is 0 Å². The van der Waals surface area contributed by atoms with Crippen molar-refractivity contribution < 1.29 is 33.0 Å². The zero-order chi connectivity index (χ0) is 20.1. The number of hydrogen-bond acceptors (Lipinski definition) is 5. The molecule has 8 heteroatoms. The summed E-state index contributed by atoms with van der Waals surface area (Å²) in [7, 11) is 0. The van der Waals surface area contributed by atoms with Crippen LogP contribution in [-0.4, -0.2) is 35.3 Å². The van der Waals surface area contributed by atoms with Crippen LogP contribution in [0.5, 0.6) is 0 Å². The number of esters is 1. The van der Waals surface area contributed by atoms with Gasteiger partial charge in [-0.25, -0.2) is 4.79 Å². The summed E-state index contributed by atoms with van der Waals surface area (Å²) in [6.45, 7) is 8.30. The maximum Gasteiger partial charge on any atom is 0.412 e. The Balaban J connectivity index is 3.05. The van der Waals surface area contributed by atoms with E-state index in [-0.39, 0.29) is 13.0 Å². The van der Waals surface area contributed by atoms with Crippen molar-refractivity contribution >= 4 is 12.1 Å². The lowest BCUT2D eigenvalue weighted by Crippen LogP contribution is -2.43. The van der Waals surface area contributed by atoms with Gasteiger partial charge in [0.25, 0.3) is 0 Å². The molecule has 0 aromatic carbocycles. The largest absolute Gasteiger partial charge is 0.505 e. The molecule has 0 heterocycles. The molecule has 0 fully saturated rings. The third-order valence-electron chi connectivity index (χ3n) is 3.72. The fraction of sp³-hybridized carbons (Fsp3) is 0.667. The first-order valence-corrected chi connectivity index (χ1v) is 8.60. The van der Waals surface area contributed by atoms with Crippen molar-refractivity contribution in [2.45, 2.75) is 59.0 Å². The van der Waals surface area contributed by atoms with E-state index in [2.05, 4.69) is 5.32 Å². The first kappa shape index (κ1) is 21.9. The Labute approximate surface area is 152 Å². The van der Waals surface area contributed by atoms with E-state index in [1.54, 1.807) is 34.6 Å². The Bertz CT molecular complexity index is 593. The highest BCUT2D eigenvalue weighted by Gasteiger charge is 2.51. The van der Waals surface area contributed by atoms with Gasteiger partial charge in [0.2, 0.25) is 0 Å². The Kier molecular flexibility index (Phi) is 7.17. The van der Waals surface area contributed by atoms with Gasteiger partial charge in [-0.3, -0.25) is 10.1 Å². The van der Waals surface area contributed by atoms with E-state index >= 15 is 0 Å². The smallest absolute Gasteiger partial charge is 0.412 e. The molecule has 148 valence electrons. The number of aliphatic hydroxyl groups excluding tert-OH is 1. The van der Waals surface area contributed by atoms with Crippen molar-refractivity contribution in [3.8, 4) is 0 Å². The lowest BCUT2D eigenvalue weighted by atomic mass is 9.80. The highest BCUT2D eigenvalue weighted by atomic mass is 19.3. The van der Waals surface area contributed by atoms with E-state index in [0.29, 0.717) is 6.42 Å². The van der Waals surface area contributed by atoms with Gasteiger partial charge in [0.1, 0.15) is 5.60 Å². The van der Waals surface area contributed by atoms with Gasteiger partial charge in [-0.15, -0.1) is 0 Å².